The molecule has 0 spiro atoms. The van der Waals surface area contributed by atoms with Crippen molar-refractivity contribution < 1.29 is 4.74 Å². The Hall–Kier alpha value is -1.59. The molecule has 6 nitrogen and oxygen atoms in total. The zero-order valence-electron chi connectivity index (χ0n) is 13.2. The van der Waals surface area contributed by atoms with Crippen LogP contribution in [-0.4, -0.2) is 27.1 Å². The standard InChI is InChI=1S/C14H27N5O/c1-9(2)7-6-8-11(5)16-13-17-12(15)18-14(19-13)20-10(3)4/h9-11H,6-8H2,1-5H3,(H3,15,16,17,18,19). The molecule has 0 fully saturated rings. The molecule has 20 heavy (non-hydrogen) atoms. The second-order valence-electron chi connectivity index (χ2n) is 5.84. The molecule has 114 valence electrons. The van der Waals surface area contributed by atoms with Gasteiger partial charge in [-0.1, -0.05) is 26.7 Å². The van der Waals surface area contributed by atoms with E-state index in [1.165, 1.54) is 12.8 Å². The van der Waals surface area contributed by atoms with Gasteiger partial charge in [0.2, 0.25) is 11.9 Å². The molecule has 1 aromatic rings. The van der Waals surface area contributed by atoms with Crippen molar-refractivity contribution in [3.05, 3.63) is 0 Å². The summed E-state index contributed by atoms with van der Waals surface area (Å²) >= 11 is 0. The highest BCUT2D eigenvalue weighted by atomic mass is 16.5. The molecule has 1 heterocycles. The normalized spacial score (nSPS) is 12.8. The monoisotopic (exact) mass is 281 g/mol. The van der Waals surface area contributed by atoms with E-state index in [9.17, 15) is 0 Å². The smallest absolute Gasteiger partial charge is 0.323 e. The molecule has 0 aromatic carbocycles. The fraction of sp³-hybridized carbons (Fsp3) is 0.786. The van der Waals surface area contributed by atoms with Crippen LogP contribution in [0.5, 0.6) is 6.01 Å². The lowest BCUT2D eigenvalue weighted by Gasteiger charge is -2.15. The summed E-state index contributed by atoms with van der Waals surface area (Å²) in [5.74, 6) is 1.39. The Bertz CT molecular complexity index is 409. The summed E-state index contributed by atoms with van der Waals surface area (Å²) in [6, 6.07) is 0.562. The molecule has 0 saturated heterocycles. The minimum absolute atomic E-state index is 0.00751. The lowest BCUT2D eigenvalue weighted by Crippen LogP contribution is -2.19. The van der Waals surface area contributed by atoms with Crippen LogP contribution in [0.3, 0.4) is 0 Å². The first-order valence-electron chi connectivity index (χ1n) is 7.31. The fourth-order valence-corrected chi connectivity index (χ4v) is 1.83. The van der Waals surface area contributed by atoms with Crippen LogP contribution in [0.4, 0.5) is 11.9 Å². The second-order valence-corrected chi connectivity index (χ2v) is 5.84. The van der Waals surface area contributed by atoms with E-state index in [2.05, 4.69) is 41.0 Å². The van der Waals surface area contributed by atoms with Crippen LogP contribution in [0, 0.1) is 5.92 Å². The third-order valence-electron chi connectivity index (χ3n) is 2.77. The lowest BCUT2D eigenvalue weighted by molar-refractivity contribution is 0.222. The number of hydrogen-bond donors (Lipinski definition) is 2. The minimum Gasteiger partial charge on any atom is -0.461 e. The number of aromatic nitrogens is 3. The Kier molecular flexibility index (Phi) is 6.48. The predicted octanol–water partition coefficient (Wildman–Crippen LogP) is 2.87. The van der Waals surface area contributed by atoms with E-state index >= 15 is 0 Å². The van der Waals surface area contributed by atoms with Gasteiger partial charge in [-0.2, -0.15) is 15.0 Å². The van der Waals surface area contributed by atoms with E-state index in [0.717, 1.165) is 12.3 Å². The Morgan fingerprint density at radius 2 is 1.75 bits per heavy atom. The molecular weight excluding hydrogens is 254 g/mol. The first-order valence-corrected chi connectivity index (χ1v) is 7.31. The summed E-state index contributed by atoms with van der Waals surface area (Å²) in [5, 5.41) is 3.25. The number of ether oxygens (including phenoxy) is 1. The van der Waals surface area contributed by atoms with Crippen molar-refractivity contribution in [2.45, 2.75) is 66.0 Å². The third-order valence-corrected chi connectivity index (χ3v) is 2.77. The van der Waals surface area contributed by atoms with E-state index in [1.807, 2.05) is 13.8 Å². The van der Waals surface area contributed by atoms with Crippen LogP contribution in [0.15, 0.2) is 0 Å². The van der Waals surface area contributed by atoms with Gasteiger partial charge in [-0.25, -0.2) is 0 Å². The summed E-state index contributed by atoms with van der Waals surface area (Å²) < 4.78 is 5.45. The Balaban J connectivity index is 2.55. The maximum atomic E-state index is 5.67. The lowest BCUT2D eigenvalue weighted by atomic mass is 10.0. The summed E-state index contributed by atoms with van der Waals surface area (Å²) in [5.41, 5.74) is 5.67. The van der Waals surface area contributed by atoms with Crippen LogP contribution in [-0.2, 0) is 0 Å². The van der Waals surface area contributed by atoms with Crippen LogP contribution in [0.2, 0.25) is 0 Å². The number of rotatable bonds is 8. The van der Waals surface area contributed by atoms with Crippen LogP contribution in [0.25, 0.3) is 0 Å². The highest BCUT2D eigenvalue weighted by molar-refractivity contribution is 5.33. The average Bonchev–Trinajstić information content (AvgIpc) is 2.25. The van der Waals surface area contributed by atoms with Crippen molar-refractivity contribution in [2.24, 2.45) is 5.92 Å². The molecule has 1 unspecified atom stereocenters. The number of anilines is 2. The number of nitrogens with two attached hydrogens (primary N) is 1. The minimum atomic E-state index is 0.00751. The molecule has 6 heteroatoms. The molecule has 0 bridgehead atoms. The van der Waals surface area contributed by atoms with Gasteiger partial charge in [0.15, 0.2) is 0 Å². The first kappa shape index (κ1) is 16.5. The fourth-order valence-electron chi connectivity index (χ4n) is 1.83. The van der Waals surface area contributed by atoms with Crippen LogP contribution >= 0.6 is 0 Å². The zero-order chi connectivity index (χ0) is 15.1. The van der Waals surface area contributed by atoms with Crippen LogP contribution in [0.1, 0.15) is 53.9 Å². The Labute approximate surface area is 121 Å². The molecule has 1 atom stereocenters. The van der Waals surface area contributed by atoms with Gasteiger partial charge in [-0.3, -0.25) is 0 Å². The van der Waals surface area contributed by atoms with Gasteiger partial charge in [0.1, 0.15) is 0 Å². The second kappa shape index (κ2) is 7.87. The van der Waals surface area contributed by atoms with Crippen molar-refractivity contribution in [3.8, 4) is 6.01 Å². The molecule has 0 radical (unpaired) electrons. The van der Waals surface area contributed by atoms with Crippen molar-refractivity contribution in [1.29, 1.82) is 0 Å². The van der Waals surface area contributed by atoms with Gasteiger partial charge in [0, 0.05) is 6.04 Å². The first-order chi connectivity index (χ1) is 9.36. The molecule has 0 saturated carbocycles. The molecule has 1 rings (SSSR count). The molecule has 0 aliphatic heterocycles. The Morgan fingerprint density at radius 3 is 2.35 bits per heavy atom. The number of nitrogens with zero attached hydrogens (tertiary/aromatic N) is 3. The number of hydrogen-bond acceptors (Lipinski definition) is 6. The van der Waals surface area contributed by atoms with E-state index < -0.39 is 0 Å². The highest BCUT2D eigenvalue weighted by Crippen LogP contribution is 2.14. The van der Waals surface area contributed by atoms with Gasteiger partial charge in [-0.05, 0) is 33.1 Å². The molecule has 1 aromatic heterocycles. The summed E-state index contributed by atoms with van der Waals surface area (Å²) in [4.78, 5) is 12.3. The average molecular weight is 281 g/mol. The van der Waals surface area contributed by atoms with E-state index in [-0.39, 0.29) is 18.1 Å². The van der Waals surface area contributed by atoms with E-state index in [1.54, 1.807) is 0 Å². The maximum Gasteiger partial charge on any atom is 0.323 e. The molecule has 3 N–H and O–H groups in total. The van der Waals surface area contributed by atoms with Gasteiger partial charge < -0.3 is 15.8 Å². The topological polar surface area (TPSA) is 86.0 Å². The van der Waals surface area contributed by atoms with Crippen LogP contribution < -0.4 is 15.8 Å². The molecule has 0 aliphatic rings. The predicted molar refractivity (Wildman–Crippen MR) is 81.8 cm³/mol. The highest BCUT2D eigenvalue weighted by Gasteiger charge is 2.10. The quantitative estimate of drug-likeness (QED) is 0.762. The number of nitrogen functional groups attached to an aromatic ring is 1. The summed E-state index contributed by atoms with van der Waals surface area (Å²) in [6.07, 6.45) is 3.49. The van der Waals surface area contributed by atoms with Gasteiger partial charge in [0.05, 0.1) is 6.10 Å². The SMILES string of the molecule is CC(C)CCCC(C)Nc1nc(N)nc(OC(C)C)n1. The Morgan fingerprint density at radius 1 is 1.05 bits per heavy atom. The van der Waals surface area contributed by atoms with Crippen molar-refractivity contribution >= 4 is 11.9 Å². The van der Waals surface area contributed by atoms with E-state index in [4.69, 9.17) is 10.5 Å². The maximum absolute atomic E-state index is 5.67. The van der Waals surface area contributed by atoms with Gasteiger partial charge in [-0.15, -0.1) is 0 Å². The molecule has 0 aliphatic carbocycles. The third kappa shape index (κ3) is 6.54. The van der Waals surface area contributed by atoms with E-state index in [0.29, 0.717) is 12.0 Å². The molecular formula is C14H27N5O. The van der Waals surface area contributed by atoms with Crippen molar-refractivity contribution in [2.75, 3.05) is 11.1 Å². The zero-order valence-corrected chi connectivity index (χ0v) is 13.2. The molecule has 0 amide bonds. The van der Waals surface area contributed by atoms with Gasteiger partial charge in [0.25, 0.3) is 0 Å². The van der Waals surface area contributed by atoms with Crippen molar-refractivity contribution in [3.63, 3.8) is 0 Å². The largest absolute Gasteiger partial charge is 0.461 e. The summed E-state index contributed by atoms with van der Waals surface area (Å²) in [6.45, 7) is 10.4. The number of nitrogens with one attached hydrogen (secondary N) is 1. The van der Waals surface area contributed by atoms with Crippen molar-refractivity contribution in [1.82, 2.24) is 15.0 Å². The van der Waals surface area contributed by atoms with Gasteiger partial charge >= 0.3 is 6.01 Å². The summed E-state index contributed by atoms with van der Waals surface area (Å²) in [7, 11) is 0.